The van der Waals surface area contributed by atoms with E-state index in [1.807, 2.05) is 4.90 Å². The van der Waals surface area contributed by atoms with Crippen LogP contribution in [0.15, 0.2) is 18.2 Å². The highest BCUT2D eigenvalue weighted by atomic mass is 16.6. The standard InChI is InChI=1S/C19H26N4O3/c24-19(22-9-7-15(8-10-22)20-12-13-1-2-13)14-3-6-17(21-16-4-5-16)18(11-14)23(25)26/h3,6,11,13,15-16,20-21H,1-2,4-5,7-10,12H2. The molecule has 0 radical (unpaired) electrons. The number of nitrogens with zero attached hydrogens (tertiary/aromatic N) is 2. The molecule has 1 aliphatic heterocycles. The van der Waals surface area contributed by atoms with Gasteiger partial charge in [0.05, 0.1) is 4.92 Å². The Bertz CT molecular complexity index is 692. The molecule has 0 atom stereocenters. The van der Waals surface area contributed by atoms with Crippen LogP contribution < -0.4 is 10.6 Å². The monoisotopic (exact) mass is 358 g/mol. The average molecular weight is 358 g/mol. The maximum atomic E-state index is 12.8. The topological polar surface area (TPSA) is 87.5 Å². The first-order chi connectivity index (χ1) is 12.6. The first kappa shape index (κ1) is 17.3. The molecule has 3 fully saturated rings. The smallest absolute Gasteiger partial charge is 0.293 e. The number of benzene rings is 1. The van der Waals surface area contributed by atoms with Crippen molar-refractivity contribution in [1.82, 2.24) is 10.2 Å². The fraction of sp³-hybridized carbons (Fsp3) is 0.632. The van der Waals surface area contributed by atoms with Crippen molar-refractivity contribution in [3.8, 4) is 0 Å². The minimum atomic E-state index is -0.407. The molecule has 0 spiro atoms. The molecule has 0 bridgehead atoms. The number of anilines is 1. The van der Waals surface area contributed by atoms with Crippen molar-refractivity contribution in [2.24, 2.45) is 5.92 Å². The second kappa shape index (κ2) is 7.23. The molecule has 1 aromatic carbocycles. The van der Waals surface area contributed by atoms with Crippen molar-refractivity contribution in [1.29, 1.82) is 0 Å². The van der Waals surface area contributed by atoms with Crippen LogP contribution >= 0.6 is 0 Å². The van der Waals surface area contributed by atoms with Crippen molar-refractivity contribution in [2.75, 3.05) is 25.0 Å². The van der Waals surface area contributed by atoms with Crippen LogP contribution in [0, 0.1) is 16.0 Å². The number of nitrogens with one attached hydrogen (secondary N) is 2. The Balaban J connectivity index is 1.37. The number of likely N-dealkylation sites (tertiary alicyclic amines) is 1. The number of carbonyl (C=O) groups excluding carboxylic acids is 1. The average Bonchev–Trinajstić information content (AvgIpc) is 3.55. The number of hydrogen-bond acceptors (Lipinski definition) is 5. The normalized spacial score (nSPS) is 20.8. The maximum absolute atomic E-state index is 12.8. The highest BCUT2D eigenvalue weighted by Crippen LogP contribution is 2.32. The van der Waals surface area contributed by atoms with Gasteiger partial charge in [0.15, 0.2) is 0 Å². The summed E-state index contributed by atoms with van der Waals surface area (Å²) in [7, 11) is 0. The fourth-order valence-corrected chi connectivity index (χ4v) is 3.51. The third-order valence-electron chi connectivity index (χ3n) is 5.55. The number of rotatable bonds is 7. The molecule has 1 saturated heterocycles. The van der Waals surface area contributed by atoms with Gasteiger partial charge < -0.3 is 15.5 Å². The second-order valence-corrected chi connectivity index (χ2v) is 7.83. The minimum Gasteiger partial charge on any atom is -0.377 e. The molecule has 2 saturated carbocycles. The van der Waals surface area contributed by atoms with Crippen LogP contribution in [-0.2, 0) is 0 Å². The number of carbonyl (C=O) groups is 1. The molecule has 7 heteroatoms. The van der Waals surface area contributed by atoms with Crippen molar-refractivity contribution in [3.63, 3.8) is 0 Å². The van der Waals surface area contributed by atoms with Crippen molar-refractivity contribution in [2.45, 2.75) is 50.6 Å². The van der Waals surface area contributed by atoms with E-state index in [1.54, 1.807) is 12.1 Å². The molecule has 1 heterocycles. The van der Waals surface area contributed by atoms with E-state index in [1.165, 1.54) is 18.9 Å². The molecule has 0 unspecified atom stereocenters. The van der Waals surface area contributed by atoms with Crippen LogP contribution in [0.5, 0.6) is 0 Å². The Morgan fingerprint density at radius 2 is 1.85 bits per heavy atom. The third-order valence-corrected chi connectivity index (χ3v) is 5.55. The van der Waals surface area contributed by atoms with E-state index in [4.69, 9.17) is 0 Å². The summed E-state index contributed by atoms with van der Waals surface area (Å²) < 4.78 is 0. The van der Waals surface area contributed by atoms with E-state index in [0.29, 0.717) is 36.4 Å². The number of piperidine rings is 1. The van der Waals surface area contributed by atoms with Gasteiger partial charge in [-0.05, 0) is 63.1 Å². The molecule has 26 heavy (non-hydrogen) atoms. The summed E-state index contributed by atoms with van der Waals surface area (Å²) in [6.07, 6.45) is 6.66. The van der Waals surface area contributed by atoms with Gasteiger partial charge in [-0.3, -0.25) is 14.9 Å². The molecule has 4 rings (SSSR count). The van der Waals surface area contributed by atoms with Crippen molar-refractivity contribution >= 4 is 17.3 Å². The quantitative estimate of drug-likeness (QED) is 0.578. The summed E-state index contributed by atoms with van der Waals surface area (Å²) in [4.78, 5) is 25.6. The predicted molar refractivity (Wildman–Crippen MR) is 99.4 cm³/mol. The lowest BCUT2D eigenvalue weighted by Crippen LogP contribution is -2.45. The Morgan fingerprint density at radius 1 is 1.12 bits per heavy atom. The molecule has 7 nitrogen and oxygen atoms in total. The lowest BCUT2D eigenvalue weighted by molar-refractivity contribution is -0.384. The summed E-state index contributed by atoms with van der Waals surface area (Å²) in [6, 6.07) is 5.62. The Morgan fingerprint density at radius 3 is 2.46 bits per heavy atom. The summed E-state index contributed by atoms with van der Waals surface area (Å²) in [5.74, 6) is 0.754. The zero-order valence-electron chi connectivity index (χ0n) is 14.9. The van der Waals surface area contributed by atoms with E-state index in [0.717, 1.165) is 38.1 Å². The molecule has 1 amide bonds. The Labute approximate surface area is 153 Å². The summed E-state index contributed by atoms with van der Waals surface area (Å²) >= 11 is 0. The molecule has 140 valence electrons. The zero-order valence-corrected chi connectivity index (χ0v) is 14.9. The Hall–Kier alpha value is -2.15. The van der Waals surface area contributed by atoms with E-state index in [2.05, 4.69) is 10.6 Å². The number of amides is 1. The first-order valence-electron chi connectivity index (χ1n) is 9.68. The maximum Gasteiger partial charge on any atom is 0.293 e. The fourth-order valence-electron chi connectivity index (χ4n) is 3.51. The predicted octanol–water partition coefficient (Wildman–Crippen LogP) is 2.77. The molecule has 0 aromatic heterocycles. The molecule has 2 aliphatic carbocycles. The van der Waals surface area contributed by atoms with Gasteiger partial charge in [-0.25, -0.2) is 0 Å². The van der Waals surface area contributed by atoms with Crippen LogP contribution in [0.25, 0.3) is 0 Å². The minimum absolute atomic E-state index is 0.0104. The van der Waals surface area contributed by atoms with Gasteiger partial charge in [0, 0.05) is 36.8 Å². The highest BCUT2D eigenvalue weighted by Gasteiger charge is 2.29. The number of hydrogen-bond donors (Lipinski definition) is 2. The lowest BCUT2D eigenvalue weighted by atomic mass is 10.0. The van der Waals surface area contributed by atoms with E-state index >= 15 is 0 Å². The van der Waals surface area contributed by atoms with Gasteiger partial charge in [0.25, 0.3) is 11.6 Å². The van der Waals surface area contributed by atoms with Gasteiger partial charge in [0.2, 0.25) is 0 Å². The number of nitro groups is 1. The molecular weight excluding hydrogens is 332 g/mol. The van der Waals surface area contributed by atoms with Crippen LogP contribution in [0.4, 0.5) is 11.4 Å². The lowest BCUT2D eigenvalue weighted by Gasteiger charge is -2.32. The van der Waals surface area contributed by atoms with Gasteiger partial charge in [-0.15, -0.1) is 0 Å². The van der Waals surface area contributed by atoms with Crippen LogP contribution in [0.1, 0.15) is 48.9 Å². The summed E-state index contributed by atoms with van der Waals surface area (Å²) in [5, 5.41) is 18.2. The Kier molecular flexibility index (Phi) is 4.80. The zero-order chi connectivity index (χ0) is 18.1. The molecule has 1 aromatic rings. The van der Waals surface area contributed by atoms with Crippen molar-refractivity contribution < 1.29 is 9.72 Å². The van der Waals surface area contributed by atoms with E-state index in [9.17, 15) is 14.9 Å². The number of nitro benzene ring substituents is 1. The van der Waals surface area contributed by atoms with Gasteiger partial charge in [-0.2, -0.15) is 0 Å². The highest BCUT2D eigenvalue weighted by molar-refractivity contribution is 5.95. The first-order valence-corrected chi connectivity index (χ1v) is 9.68. The second-order valence-electron chi connectivity index (χ2n) is 7.83. The summed E-state index contributed by atoms with van der Waals surface area (Å²) in [6.45, 7) is 2.51. The molecule has 2 N–H and O–H groups in total. The third kappa shape index (κ3) is 4.15. The van der Waals surface area contributed by atoms with Crippen molar-refractivity contribution in [3.05, 3.63) is 33.9 Å². The van der Waals surface area contributed by atoms with Gasteiger partial charge in [0.1, 0.15) is 5.69 Å². The SMILES string of the molecule is O=C(c1ccc(NC2CC2)c([N+](=O)[O-])c1)N1CCC(NCC2CC2)CC1. The van der Waals surface area contributed by atoms with E-state index < -0.39 is 4.92 Å². The molecular formula is C19H26N4O3. The van der Waals surface area contributed by atoms with Crippen LogP contribution in [-0.4, -0.2) is 47.4 Å². The van der Waals surface area contributed by atoms with Gasteiger partial charge in [-0.1, -0.05) is 0 Å². The van der Waals surface area contributed by atoms with E-state index in [-0.39, 0.29) is 11.6 Å². The summed E-state index contributed by atoms with van der Waals surface area (Å²) in [5.41, 5.74) is 0.906. The molecule has 3 aliphatic rings. The van der Waals surface area contributed by atoms with Gasteiger partial charge >= 0.3 is 0 Å². The largest absolute Gasteiger partial charge is 0.377 e. The van der Waals surface area contributed by atoms with Crippen LogP contribution in [0.3, 0.4) is 0 Å². The van der Waals surface area contributed by atoms with Crippen LogP contribution in [0.2, 0.25) is 0 Å².